The van der Waals surface area contributed by atoms with Crippen LogP contribution in [0.2, 0.25) is 5.02 Å². The molecule has 1 saturated heterocycles. The Morgan fingerprint density at radius 1 is 1.26 bits per heavy atom. The molecule has 3 nitrogen and oxygen atoms in total. The Hall–Kier alpha value is -1.06. The maximum absolute atomic E-state index is 12.3. The number of halogens is 1. The van der Waals surface area contributed by atoms with Gasteiger partial charge in [0.1, 0.15) is 0 Å². The summed E-state index contributed by atoms with van der Waals surface area (Å²) in [5, 5.41) is 0.653. The van der Waals surface area contributed by atoms with E-state index >= 15 is 0 Å². The fourth-order valence-corrected chi connectivity index (χ4v) is 2.48. The van der Waals surface area contributed by atoms with Gasteiger partial charge in [-0.3, -0.25) is 4.79 Å². The van der Waals surface area contributed by atoms with Gasteiger partial charge in [0.05, 0.1) is 12.2 Å². The normalized spacial score (nSPS) is 16.9. The number of carbonyl (C=O) groups is 1. The van der Waals surface area contributed by atoms with Crippen molar-refractivity contribution in [3.8, 4) is 0 Å². The van der Waals surface area contributed by atoms with Crippen molar-refractivity contribution in [2.24, 2.45) is 0 Å². The lowest BCUT2D eigenvalue weighted by Gasteiger charge is -2.32. The molecule has 0 radical (unpaired) electrons. The molecule has 1 aromatic carbocycles. The summed E-state index contributed by atoms with van der Waals surface area (Å²) in [7, 11) is 0. The number of benzene rings is 1. The monoisotopic (exact) mass is 281 g/mol. The molecule has 0 aliphatic carbocycles. The molecule has 0 atom stereocenters. The molecule has 1 fully saturated rings. The van der Waals surface area contributed by atoms with Crippen LogP contribution in [-0.4, -0.2) is 36.1 Å². The molecule has 0 N–H and O–H groups in total. The van der Waals surface area contributed by atoms with Crippen LogP contribution in [0.15, 0.2) is 24.3 Å². The lowest BCUT2D eigenvalue weighted by molar-refractivity contribution is -0.0236. The van der Waals surface area contributed by atoms with Gasteiger partial charge in [-0.1, -0.05) is 11.6 Å². The SMILES string of the molecule is CC(C)OC1CCN(C(=O)c2ccc(Cl)cc2)CC1. The summed E-state index contributed by atoms with van der Waals surface area (Å²) in [5.74, 6) is 0.0830. The highest BCUT2D eigenvalue weighted by atomic mass is 35.5. The van der Waals surface area contributed by atoms with Gasteiger partial charge in [-0.15, -0.1) is 0 Å². The molecule has 0 saturated carbocycles. The van der Waals surface area contributed by atoms with E-state index in [1.807, 2.05) is 18.7 Å². The molecule has 1 aromatic rings. The van der Waals surface area contributed by atoms with Crippen LogP contribution in [0.3, 0.4) is 0 Å². The summed E-state index contributed by atoms with van der Waals surface area (Å²) in [6.07, 6.45) is 2.37. The van der Waals surface area contributed by atoms with E-state index in [2.05, 4.69) is 0 Å². The highest BCUT2D eigenvalue weighted by Crippen LogP contribution is 2.18. The van der Waals surface area contributed by atoms with E-state index in [0.717, 1.165) is 25.9 Å². The van der Waals surface area contributed by atoms with Gasteiger partial charge in [0.2, 0.25) is 0 Å². The van der Waals surface area contributed by atoms with E-state index in [0.29, 0.717) is 10.6 Å². The maximum atomic E-state index is 12.3. The molecule has 19 heavy (non-hydrogen) atoms. The molecule has 1 aliphatic rings. The molecular weight excluding hydrogens is 262 g/mol. The van der Waals surface area contributed by atoms with E-state index < -0.39 is 0 Å². The van der Waals surface area contributed by atoms with E-state index in [1.54, 1.807) is 24.3 Å². The summed E-state index contributed by atoms with van der Waals surface area (Å²) in [5.41, 5.74) is 0.702. The van der Waals surface area contributed by atoms with Gasteiger partial charge in [-0.05, 0) is 51.0 Å². The summed E-state index contributed by atoms with van der Waals surface area (Å²) < 4.78 is 5.79. The van der Waals surface area contributed by atoms with E-state index in [-0.39, 0.29) is 18.1 Å². The number of hydrogen-bond donors (Lipinski definition) is 0. The zero-order valence-electron chi connectivity index (χ0n) is 11.4. The number of nitrogens with zero attached hydrogens (tertiary/aromatic N) is 1. The molecule has 104 valence electrons. The second-order valence-corrected chi connectivity index (χ2v) is 5.62. The van der Waals surface area contributed by atoms with E-state index in [4.69, 9.17) is 16.3 Å². The highest BCUT2D eigenvalue weighted by Gasteiger charge is 2.24. The van der Waals surface area contributed by atoms with E-state index in [1.165, 1.54) is 0 Å². The molecule has 0 spiro atoms. The summed E-state index contributed by atoms with van der Waals surface area (Å²) >= 11 is 5.83. The first kappa shape index (κ1) is 14.4. The van der Waals surface area contributed by atoms with E-state index in [9.17, 15) is 4.79 Å². The second-order valence-electron chi connectivity index (χ2n) is 5.18. The van der Waals surface area contributed by atoms with Crippen molar-refractivity contribution in [2.75, 3.05) is 13.1 Å². The van der Waals surface area contributed by atoms with Crippen LogP contribution in [0.4, 0.5) is 0 Å². The Kier molecular flexibility index (Phi) is 4.83. The molecule has 4 heteroatoms. The van der Waals surface area contributed by atoms with Crippen LogP contribution in [-0.2, 0) is 4.74 Å². The Morgan fingerprint density at radius 2 is 1.84 bits per heavy atom. The Labute approximate surface area is 119 Å². The first-order chi connectivity index (χ1) is 9.06. The molecule has 0 aromatic heterocycles. The Balaban J connectivity index is 1.90. The minimum atomic E-state index is 0.0830. The molecular formula is C15H20ClNO2. The van der Waals surface area contributed by atoms with Crippen LogP contribution in [0.1, 0.15) is 37.0 Å². The van der Waals surface area contributed by atoms with Gasteiger partial charge in [-0.25, -0.2) is 0 Å². The largest absolute Gasteiger partial charge is 0.375 e. The number of ether oxygens (including phenoxy) is 1. The zero-order valence-corrected chi connectivity index (χ0v) is 12.2. The highest BCUT2D eigenvalue weighted by molar-refractivity contribution is 6.30. The van der Waals surface area contributed by atoms with Crippen LogP contribution >= 0.6 is 11.6 Å². The van der Waals surface area contributed by atoms with Crippen molar-refractivity contribution in [1.29, 1.82) is 0 Å². The summed E-state index contributed by atoms with van der Waals surface area (Å²) in [6.45, 7) is 5.62. The number of carbonyl (C=O) groups excluding carboxylic acids is 1. The number of hydrogen-bond acceptors (Lipinski definition) is 2. The first-order valence-corrected chi connectivity index (χ1v) is 7.14. The van der Waals surface area contributed by atoms with Crippen molar-refractivity contribution in [2.45, 2.75) is 38.9 Å². The quantitative estimate of drug-likeness (QED) is 0.850. The molecule has 0 unspecified atom stereocenters. The zero-order chi connectivity index (χ0) is 13.8. The van der Waals surface area contributed by atoms with Crippen LogP contribution < -0.4 is 0 Å². The molecule has 2 rings (SSSR count). The smallest absolute Gasteiger partial charge is 0.253 e. The van der Waals surface area contributed by atoms with Gasteiger partial charge in [0.25, 0.3) is 5.91 Å². The van der Waals surface area contributed by atoms with Crippen LogP contribution in [0.25, 0.3) is 0 Å². The molecule has 1 aliphatic heterocycles. The molecule has 1 heterocycles. The van der Waals surface area contributed by atoms with Gasteiger partial charge in [0, 0.05) is 23.7 Å². The third-order valence-corrected chi connectivity index (χ3v) is 3.54. The van der Waals surface area contributed by atoms with Crippen LogP contribution in [0.5, 0.6) is 0 Å². The summed E-state index contributed by atoms with van der Waals surface area (Å²) in [6, 6.07) is 7.07. The van der Waals surface area contributed by atoms with Gasteiger partial charge < -0.3 is 9.64 Å². The second kappa shape index (κ2) is 6.40. The number of rotatable bonds is 3. The topological polar surface area (TPSA) is 29.5 Å². The Bertz CT molecular complexity index is 422. The predicted octanol–water partition coefficient (Wildman–Crippen LogP) is 3.37. The molecule has 0 bridgehead atoms. The van der Waals surface area contributed by atoms with Crippen molar-refractivity contribution in [1.82, 2.24) is 4.90 Å². The number of amides is 1. The number of piperidine rings is 1. The van der Waals surface area contributed by atoms with Crippen molar-refractivity contribution < 1.29 is 9.53 Å². The standard InChI is InChI=1S/C15H20ClNO2/c1-11(2)19-14-7-9-17(10-8-14)15(18)12-3-5-13(16)6-4-12/h3-6,11,14H,7-10H2,1-2H3. The van der Waals surface area contributed by atoms with Gasteiger partial charge >= 0.3 is 0 Å². The van der Waals surface area contributed by atoms with Crippen molar-refractivity contribution >= 4 is 17.5 Å². The van der Waals surface area contributed by atoms with Crippen LogP contribution in [0, 0.1) is 0 Å². The Morgan fingerprint density at radius 3 is 2.37 bits per heavy atom. The van der Waals surface area contributed by atoms with Crippen molar-refractivity contribution in [3.63, 3.8) is 0 Å². The fraction of sp³-hybridized carbons (Fsp3) is 0.533. The third-order valence-electron chi connectivity index (χ3n) is 3.28. The first-order valence-electron chi connectivity index (χ1n) is 6.76. The lowest BCUT2D eigenvalue weighted by Crippen LogP contribution is -2.41. The lowest BCUT2D eigenvalue weighted by atomic mass is 10.1. The summed E-state index contributed by atoms with van der Waals surface area (Å²) in [4.78, 5) is 14.2. The minimum absolute atomic E-state index is 0.0830. The minimum Gasteiger partial charge on any atom is -0.375 e. The third kappa shape index (κ3) is 3.95. The van der Waals surface area contributed by atoms with Crippen molar-refractivity contribution in [3.05, 3.63) is 34.9 Å². The van der Waals surface area contributed by atoms with Gasteiger partial charge in [-0.2, -0.15) is 0 Å². The average molecular weight is 282 g/mol. The predicted molar refractivity (Wildman–Crippen MR) is 76.6 cm³/mol. The number of likely N-dealkylation sites (tertiary alicyclic amines) is 1. The fourth-order valence-electron chi connectivity index (χ4n) is 2.35. The molecule has 1 amide bonds. The maximum Gasteiger partial charge on any atom is 0.253 e. The average Bonchev–Trinajstić information content (AvgIpc) is 2.39. The van der Waals surface area contributed by atoms with Gasteiger partial charge in [0.15, 0.2) is 0 Å².